The number of carboxylic acid groups (broad SMARTS) is 1. The molecule has 1 aliphatic rings. The smallest absolute Gasteiger partial charge is 0.326 e. The van der Waals surface area contributed by atoms with E-state index in [0.29, 0.717) is 6.42 Å². The van der Waals surface area contributed by atoms with E-state index in [4.69, 9.17) is 0 Å². The number of nitrogens with zero attached hydrogens (tertiary/aromatic N) is 1. The minimum Gasteiger partial charge on any atom is -0.508 e. The number of likely N-dealkylation sites (N-methyl/N-ethyl adjacent to an activating group) is 1. The van der Waals surface area contributed by atoms with Crippen LogP contribution in [0.4, 0.5) is 4.79 Å². The van der Waals surface area contributed by atoms with Crippen molar-refractivity contribution in [3.63, 3.8) is 0 Å². The number of carbonyl (C=O) groups is 8. The molecule has 1 heterocycles. The maximum atomic E-state index is 14.7. The van der Waals surface area contributed by atoms with Gasteiger partial charge in [-0.15, -0.1) is 0 Å². The Morgan fingerprint density at radius 2 is 1.40 bits per heavy atom. The number of nitrogens with one attached hydrogen (secondary N) is 6. The molecule has 0 radical (unpaired) electrons. The first kappa shape index (κ1) is 53.3. The zero-order valence-electron chi connectivity index (χ0n) is 37.8. The minimum atomic E-state index is -3.71. The van der Waals surface area contributed by atoms with Crippen LogP contribution in [0.3, 0.4) is 0 Å². The van der Waals surface area contributed by atoms with E-state index >= 15 is 0 Å². The number of urea groups is 1. The standard InChI is InChI=1S/C45H65N7O12S/c1-6-28(2)38(44(60)61)51-45(62)50-33-14-10-11-26-46-39(55)34(22-15-29(3)53)48-42(58)37(24-19-31-16-20-32(54)21-17-31)52(4)43(59)36(23-18-30-12-8-7-9-13-30)49-41(57)35(47-40(33)56)25-27-65(5,63)64/h7-9,12-13,16-17,20-21,28,33-38,54H,6,10-11,14-15,18-19,22-27H2,1-5H3,(H,46,55)(H,47,56)(H,48,58)(H,49,57)(H,60,61)(H2,50,51,62). The van der Waals surface area contributed by atoms with E-state index in [9.17, 15) is 57.0 Å². The van der Waals surface area contributed by atoms with Crippen LogP contribution in [-0.2, 0) is 56.2 Å². The Labute approximate surface area is 380 Å². The fourth-order valence-electron chi connectivity index (χ4n) is 7.21. The van der Waals surface area contributed by atoms with Gasteiger partial charge in [0.25, 0.3) is 0 Å². The summed E-state index contributed by atoms with van der Waals surface area (Å²) in [5, 5.41) is 35.2. The molecule has 2 aromatic carbocycles. The molecule has 0 bridgehead atoms. The monoisotopic (exact) mass is 927 g/mol. The highest BCUT2D eigenvalue weighted by Crippen LogP contribution is 2.18. The van der Waals surface area contributed by atoms with Gasteiger partial charge in [0, 0.05) is 26.3 Å². The number of rotatable bonds is 17. The average Bonchev–Trinajstić information content (AvgIpc) is 3.25. The van der Waals surface area contributed by atoms with Crippen molar-refractivity contribution in [2.75, 3.05) is 25.6 Å². The van der Waals surface area contributed by atoms with E-state index in [0.717, 1.165) is 22.3 Å². The van der Waals surface area contributed by atoms with E-state index in [1.807, 2.05) is 12.1 Å². The Kier molecular flexibility index (Phi) is 21.4. The number of hydrogen-bond donors (Lipinski definition) is 8. The summed E-state index contributed by atoms with van der Waals surface area (Å²) in [7, 11) is -2.33. The van der Waals surface area contributed by atoms with Crippen LogP contribution in [0.2, 0.25) is 0 Å². The van der Waals surface area contributed by atoms with Crippen molar-refractivity contribution in [3.05, 3.63) is 65.7 Å². The molecule has 3 rings (SSSR count). The van der Waals surface area contributed by atoms with Gasteiger partial charge in [-0.25, -0.2) is 18.0 Å². The van der Waals surface area contributed by atoms with Crippen LogP contribution in [-0.4, -0.2) is 133 Å². The molecule has 0 aliphatic carbocycles. The van der Waals surface area contributed by atoms with Crippen molar-refractivity contribution < 1.29 is 57.0 Å². The Morgan fingerprint density at radius 1 is 0.800 bits per heavy atom. The zero-order chi connectivity index (χ0) is 48.3. The molecule has 1 saturated heterocycles. The lowest BCUT2D eigenvalue weighted by Gasteiger charge is -2.33. The molecular formula is C45H65N7O12S. The van der Waals surface area contributed by atoms with Crippen LogP contribution in [0.1, 0.15) is 89.7 Å². The summed E-state index contributed by atoms with van der Waals surface area (Å²) in [6.07, 6.45) is 1.70. The quantitative estimate of drug-likeness (QED) is 0.112. The van der Waals surface area contributed by atoms with Gasteiger partial charge in [0.2, 0.25) is 29.5 Å². The van der Waals surface area contributed by atoms with Gasteiger partial charge < -0.3 is 51.8 Å². The first-order valence-corrected chi connectivity index (χ1v) is 24.0. The van der Waals surface area contributed by atoms with E-state index in [-0.39, 0.29) is 75.9 Å². The van der Waals surface area contributed by atoms with Crippen molar-refractivity contribution in [2.45, 2.75) is 128 Å². The minimum absolute atomic E-state index is 0.00705. The Hall–Kier alpha value is -6.05. The van der Waals surface area contributed by atoms with Gasteiger partial charge >= 0.3 is 12.0 Å². The Bertz CT molecular complexity index is 2070. The van der Waals surface area contributed by atoms with Crippen LogP contribution in [0.15, 0.2) is 54.6 Å². The van der Waals surface area contributed by atoms with Crippen LogP contribution in [0.5, 0.6) is 5.75 Å². The Balaban J connectivity index is 2.11. The average molecular weight is 928 g/mol. The molecule has 20 heteroatoms. The van der Waals surface area contributed by atoms with Gasteiger partial charge in [-0.05, 0) is 93.9 Å². The highest BCUT2D eigenvalue weighted by atomic mass is 32.2. The van der Waals surface area contributed by atoms with E-state index in [2.05, 4.69) is 31.9 Å². The number of aliphatic carboxylic acids is 1. The topological polar surface area (TPSA) is 287 Å². The number of sulfone groups is 1. The summed E-state index contributed by atoms with van der Waals surface area (Å²) in [5.41, 5.74) is 1.53. The number of carboxylic acids is 1. The summed E-state index contributed by atoms with van der Waals surface area (Å²) < 4.78 is 24.8. The summed E-state index contributed by atoms with van der Waals surface area (Å²) in [6.45, 7) is 4.76. The van der Waals surface area contributed by atoms with Crippen LogP contribution < -0.4 is 31.9 Å². The van der Waals surface area contributed by atoms with Crippen molar-refractivity contribution >= 4 is 57.2 Å². The van der Waals surface area contributed by atoms with Crippen molar-refractivity contribution in [1.82, 2.24) is 36.8 Å². The number of phenolic OH excluding ortho intramolecular Hbond substituents is 1. The van der Waals surface area contributed by atoms with Gasteiger partial charge in [-0.1, -0.05) is 62.7 Å². The molecule has 8 N–H and O–H groups in total. The fraction of sp³-hybridized carbons (Fsp3) is 0.556. The SMILES string of the molecule is CCC(C)C(NC(=O)NC1CCCCNC(=O)C(CCC(C)=O)NC(=O)C(CCc2ccc(O)cc2)N(C)C(=O)C(CCc2ccccc2)NC(=O)C(CCS(C)(=O)=O)NC1=O)C(=O)O. The maximum absolute atomic E-state index is 14.7. The number of hydrogen-bond acceptors (Lipinski definition) is 11. The number of aryl methyl sites for hydroxylation is 2. The first-order valence-electron chi connectivity index (χ1n) is 21.9. The first-order chi connectivity index (χ1) is 30.7. The van der Waals surface area contributed by atoms with Crippen LogP contribution >= 0.6 is 0 Å². The molecule has 0 saturated carbocycles. The zero-order valence-corrected chi connectivity index (χ0v) is 38.6. The Morgan fingerprint density at radius 3 is 2.02 bits per heavy atom. The molecule has 7 amide bonds. The molecular weight excluding hydrogens is 863 g/mol. The third-order valence-electron chi connectivity index (χ3n) is 11.4. The second-order valence-corrected chi connectivity index (χ2v) is 19.0. The predicted molar refractivity (Wildman–Crippen MR) is 241 cm³/mol. The lowest BCUT2D eigenvalue weighted by atomic mass is 9.99. The molecule has 0 aromatic heterocycles. The third-order valence-corrected chi connectivity index (χ3v) is 12.4. The number of aromatic hydroxyl groups is 1. The normalized spacial score (nSPS) is 21.8. The summed E-state index contributed by atoms with van der Waals surface area (Å²) in [6, 6.07) is 6.29. The van der Waals surface area contributed by atoms with Gasteiger partial charge in [-0.3, -0.25) is 24.0 Å². The molecule has 7 atom stereocenters. The van der Waals surface area contributed by atoms with Crippen LogP contribution in [0, 0.1) is 5.92 Å². The van der Waals surface area contributed by atoms with Gasteiger partial charge in [0.1, 0.15) is 57.6 Å². The van der Waals surface area contributed by atoms with Crippen molar-refractivity contribution in [2.24, 2.45) is 5.92 Å². The lowest BCUT2D eigenvalue weighted by Crippen LogP contribution is -2.60. The second kappa shape index (κ2) is 26.0. The van der Waals surface area contributed by atoms with E-state index in [1.54, 1.807) is 44.2 Å². The number of ketones is 1. The van der Waals surface area contributed by atoms with Crippen molar-refractivity contribution in [3.8, 4) is 5.75 Å². The number of carbonyl (C=O) groups excluding carboxylic acids is 7. The predicted octanol–water partition coefficient (Wildman–Crippen LogP) is 1.51. The molecule has 1 aliphatic heterocycles. The summed E-state index contributed by atoms with van der Waals surface area (Å²) in [4.78, 5) is 109. The highest BCUT2D eigenvalue weighted by Gasteiger charge is 2.36. The molecule has 7 unspecified atom stereocenters. The number of amides is 7. The molecule has 2 aromatic rings. The summed E-state index contributed by atoms with van der Waals surface area (Å²) in [5.74, 6) is -6.39. The van der Waals surface area contributed by atoms with Crippen LogP contribution in [0.25, 0.3) is 0 Å². The largest absolute Gasteiger partial charge is 0.508 e. The molecule has 0 spiro atoms. The number of Topliss-reactive ketones (excluding diaryl/α,β-unsaturated/α-hetero) is 1. The third kappa shape index (κ3) is 18.5. The molecule has 19 nitrogen and oxygen atoms in total. The lowest BCUT2D eigenvalue weighted by molar-refractivity contribution is -0.143. The molecule has 358 valence electrons. The molecule has 65 heavy (non-hydrogen) atoms. The highest BCUT2D eigenvalue weighted by molar-refractivity contribution is 7.90. The number of benzene rings is 2. The maximum Gasteiger partial charge on any atom is 0.326 e. The van der Waals surface area contributed by atoms with Gasteiger partial charge in [-0.2, -0.15) is 0 Å². The van der Waals surface area contributed by atoms with Gasteiger partial charge in [0.05, 0.1) is 5.75 Å². The van der Waals surface area contributed by atoms with Gasteiger partial charge in [0.15, 0.2) is 0 Å². The number of phenols is 1. The van der Waals surface area contributed by atoms with E-state index < -0.39 is 106 Å². The second-order valence-electron chi connectivity index (χ2n) is 16.7. The summed E-state index contributed by atoms with van der Waals surface area (Å²) >= 11 is 0. The molecule has 1 fully saturated rings. The fourth-order valence-corrected chi connectivity index (χ4v) is 7.87. The van der Waals surface area contributed by atoms with Crippen molar-refractivity contribution in [1.29, 1.82) is 0 Å². The van der Waals surface area contributed by atoms with E-state index in [1.165, 1.54) is 26.1 Å².